The van der Waals surface area contributed by atoms with Crippen molar-refractivity contribution in [2.75, 3.05) is 0 Å². The average Bonchev–Trinajstić information content (AvgIpc) is 2.68. The summed E-state index contributed by atoms with van der Waals surface area (Å²) < 4.78 is 7.05. The molecule has 0 aromatic heterocycles. The van der Waals surface area contributed by atoms with Crippen molar-refractivity contribution in [2.45, 2.75) is 64.2 Å². The summed E-state index contributed by atoms with van der Waals surface area (Å²) in [6.45, 7) is 12.8. The van der Waals surface area contributed by atoms with Crippen LogP contribution in [0.15, 0.2) is 73.3 Å². The van der Waals surface area contributed by atoms with E-state index in [1.807, 2.05) is 12.1 Å². The van der Waals surface area contributed by atoms with Gasteiger partial charge in [-0.3, -0.25) is 0 Å². The minimum atomic E-state index is -2.65. The summed E-state index contributed by atoms with van der Waals surface area (Å²) in [6.07, 6.45) is 3.61. The Balaban J connectivity index is 2.65. The van der Waals surface area contributed by atoms with E-state index in [1.165, 1.54) is 10.4 Å². The summed E-state index contributed by atoms with van der Waals surface area (Å²) in [4.78, 5) is 0. The Morgan fingerprint density at radius 3 is 1.85 bits per heavy atom. The van der Waals surface area contributed by atoms with E-state index in [-0.39, 0.29) is 11.1 Å². The summed E-state index contributed by atoms with van der Waals surface area (Å²) in [5.41, 5.74) is 0. The Morgan fingerprint density at radius 1 is 1.00 bits per heavy atom. The lowest BCUT2D eigenvalue weighted by atomic mass is 10.1. The number of aliphatic hydroxyl groups is 1. The molecule has 0 heterocycles. The van der Waals surface area contributed by atoms with Gasteiger partial charge in [0.2, 0.25) is 0 Å². The lowest BCUT2D eigenvalue weighted by Gasteiger charge is -2.45. The first-order valence-electron chi connectivity index (χ1n) is 9.96. The molecule has 0 radical (unpaired) electrons. The average molecular weight is 383 g/mol. The number of benzene rings is 2. The molecular formula is C24H34O2Si. The minimum Gasteiger partial charge on any atom is -0.401 e. The monoisotopic (exact) mass is 382 g/mol. The fraction of sp³-hybridized carbons (Fsp3) is 0.417. The van der Waals surface area contributed by atoms with Gasteiger partial charge in [-0.1, -0.05) is 107 Å². The summed E-state index contributed by atoms with van der Waals surface area (Å²) in [7, 11) is -2.65. The Morgan fingerprint density at radius 2 is 1.48 bits per heavy atom. The largest absolute Gasteiger partial charge is 0.401 e. The van der Waals surface area contributed by atoms with Crippen LogP contribution in [-0.4, -0.2) is 25.6 Å². The third-order valence-electron chi connectivity index (χ3n) is 5.21. The van der Waals surface area contributed by atoms with Crippen LogP contribution in [0.5, 0.6) is 0 Å². The molecule has 2 aromatic carbocycles. The topological polar surface area (TPSA) is 29.5 Å². The molecule has 3 heteroatoms. The van der Waals surface area contributed by atoms with Gasteiger partial charge in [0.25, 0.3) is 8.32 Å². The van der Waals surface area contributed by atoms with Gasteiger partial charge in [-0.2, -0.15) is 0 Å². The second-order valence-electron chi connectivity index (χ2n) is 8.19. The Kier molecular flexibility index (Phi) is 7.60. The number of unbranched alkanes of at least 4 members (excludes halogenated alkanes) is 1. The molecule has 0 bridgehead atoms. The molecule has 27 heavy (non-hydrogen) atoms. The number of rotatable bonds is 9. The molecule has 1 N–H and O–H groups in total. The van der Waals surface area contributed by atoms with Crippen molar-refractivity contribution in [3.8, 4) is 0 Å². The normalized spacial score (nSPS) is 14.6. The summed E-state index contributed by atoms with van der Waals surface area (Å²) in [5, 5.41) is 13.0. The highest BCUT2D eigenvalue weighted by molar-refractivity contribution is 6.99. The van der Waals surface area contributed by atoms with E-state index in [0.717, 1.165) is 19.3 Å². The summed E-state index contributed by atoms with van der Waals surface area (Å²) in [6, 6.07) is 21.2. The fourth-order valence-electron chi connectivity index (χ4n) is 3.77. The quantitative estimate of drug-likeness (QED) is 0.504. The van der Waals surface area contributed by atoms with Gasteiger partial charge in [0, 0.05) is 0 Å². The zero-order chi connectivity index (χ0) is 19.9. The maximum absolute atomic E-state index is 10.6. The van der Waals surface area contributed by atoms with Crippen LogP contribution in [-0.2, 0) is 4.43 Å². The van der Waals surface area contributed by atoms with Gasteiger partial charge in [-0.05, 0) is 21.8 Å². The lowest BCUT2D eigenvalue weighted by molar-refractivity contribution is 0.0529. The number of hydrogen-bond donors (Lipinski definition) is 1. The zero-order valence-corrected chi connectivity index (χ0v) is 18.2. The van der Waals surface area contributed by atoms with Crippen LogP contribution in [0.2, 0.25) is 5.04 Å². The highest BCUT2D eigenvalue weighted by atomic mass is 28.4. The Hall–Kier alpha value is -1.68. The van der Waals surface area contributed by atoms with E-state index in [1.54, 1.807) is 6.08 Å². The van der Waals surface area contributed by atoms with Crippen LogP contribution in [0.1, 0.15) is 47.0 Å². The third-order valence-corrected chi connectivity index (χ3v) is 10.3. The molecule has 0 fully saturated rings. The van der Waals surface area contributed by atoms with E-state index in [0.29, 0.717) is 0 Å². The highest BCUT2D eigenvalue weighted by Gasteiger charge is 2.51. The smallest absolute Gasteiger partial charge is 0.261 e. The molecule has 1 unspecified atom stereocenters. The van der Waals surface area contributed by atoms with Gasteiger partial charge < -0.3 is 9.53 Å². The molecule has 2 rings (SSSR count). The van der Waals surface area contributed by atoms with Crippen molar-refractivity contribution >= 4 is 18.7 Å². The van der Waals surface area contributed by atoms with Crippen LogP contribution < -0.4 is 10.4 Å². The highest BCUT2D eigenvalue weighted by Crippen LogP contribution is 2.38. The predicted octanol–water partition coefficient (Wildman–Crippen LogP) is 4.67. The van der Waals surface area contributed by atoms with E-state index >= 15 is 0 Å². The molecule has 2 aromatic rings. The van der Waals surface area contributed by atoms with Crippen molar-refractivity contribution < 1.29 is 9.53 Å². The van der Waals surface area contributed by atoms with Crippen molar-refractivity contribution in [3.05, 3.63) is 73.3 Å². The van der Waals surface area contributed by atoms with Crippen molar-refractivity contribution in [2.24, 2.45) is 0 Å². The van der Waals surface area contributed by atoms with E-state index in [9.17, 15) is 5.11 Å². The fourth-order valence-corrected chi connectivity index (χ4v) is 8.50. The molecule has 146 valence electrons. The van der Waals surface area contributed by atoms with Crippen LogP contribution in [0.3, 0.4) is 0 Å². The molecule has 0 aliphatic rings. The van der Waals surface area contributed by atoms with E-state index in [4.69, 9.17) is 4.43 Å². The van der Waals surface area contributed by atoms with Crippen molar-refractivity contribution in [1.29, 1.82) is 0 Å². The molecule has 0 spiro atoms. The minimum absolute atomic E-state index is 0.0962. The molecular weight excluding hydrogens is 348 g/mol. The van der Waals surface area contributed by atoms with Gasteiger partial charge in [0.15, 0.2) is 0 Å². The van der Waals surface area contributed by atoms with Gasteiger partial charge in [0.05, 0.1) is 12.2 Å². The Labute approximate surface area is 166 Å². The first-order valence-corrected chi connectivity index (χ1v) is 11.9. The maximum atomic E-state index is 10.6. The third kappa shape index (κ3) is 4.78. The number of aliphatic hydroxyl groups excluding tert-OH is 1. The first kappa shape index (κ1) is 21.6. The molecule has 0 saturated heterocycles. The second-order valence-corrected chi connectivity index (χ2v) is 12.4. The van der Waals surface area contributed by atoms with Crippen LogP contribution in [0.25, 0.3) is 0 Å². The van der Waals surface area contributed by atoms with Gasteiger partial charge in [0.1, 0.15) is 0 Å². The number of hydrogen-bond acceptors (Lipinski definition) is 2. The Bertz CT molecular complexity index is 652. The van der Waals surface area contributed by atoms with Crippen molar-refractivity contribution in [1.82, 2.24) is 0 Å². The standard InChI is InChI=1S/C24H34O2Si/c1-6-8-19-23(22(25)7-2)26-27(24(3,4)5,20-15-11-9-12-16-20)21-17-13-10-14-18-21/h7,9-18,22-23,25H,2,6,8,19H2,1,3-5H3/t22?,23-/m0/s1. The van der Waals surface area contributed by atoms with E-state index < -0.39 is 14.4 Å². The van der Waals surface area contributed by atoms with Gasteiger partial charge >= 0.3 is 0 Å². The van der Waals surface area contributed by atoms with Gasteiger partial charge in [-0.25, -0.2) is 0 Å². The summed E-state index contributed by atoms with van der Waals surface area (Å²) >= 11 is 0. The SMILES string of the molecule is C=CC(O)[C@H](CCCC)O[Si](c1ccccc1)(c1ccccc1)C(C)(C)C. The maximum Gasteiger partial charge on any atom is 0.261 e. The van der Waals surface area contributed by atoms with Crippen LogP contribution in [0.4, 0.5) is 0 Å². The second kappa shape index (κ2) is 9.49. The first-order chi connectivity index (χ1) is 12.9. The van der Waals surface area contributed by atoms with Gasteiger partial charge in [-0.15, -0.1) is 6.58 Å². The molecule has 0 aliphatic carbocycles. The predicted molar refractivity (Wildman–Crippen MR) is 118 cm³/mol. The molecule has 0 amide bonds. The van der Waals surface area contributed by atoms with Crippen molar-refractivity contribution in [3.63, 3.8) is 0 Å². The molecule has 0 aliphatic heterocycles. The lowest BCUT2D eigenvalue weighted by Crippen LogP contribution is -2.68. The molecule has 0 saturated carbocycles. The van der Waals surface area contributed by atoms with E-state index in [2.05, 4.69) is 82.8 Å². The zero-order valence-electron chi connectivity index (χ0n) is 17.2. The summed E-state index contributed by atoms with van der Waals surface area (Å²) in [5.74, 6) is 0. The molecule has 2 nitrogen and oxygen atoms in total. The van der Waals surface area contributed by atoms with Crippen LogP contribution >= 0.6 is 0 Å². The van der Waals surface area contributed by atoms with Crippen LogP contribution in [0, 0.1) is 0 Å². The molecule has 2 atom stereocenters.